The van der Waals surface area contributed by atoms with Crippen molar-refractivity contribution in [1.29, 1.82) is 0 Å². The summed E-state index contributed by atoms with van der Waals surface area (Å²) < 4.78 is 6.96. The Morgan fingerprint density at radius 2 is 2.30 bits per heavy atom. The lowest BCUT2D eigenvalue weighted by atomic mass is 10.3. The number of aromatic nitrogens is 3. The number of nitrogens with one attached hydrogen (secondary N) is 2. The van der Waals surface area contributed by atoms with Crippen LogP contribution in [0.15, 0.2) is 40.0 Å². The van der Waals surface area contributed by atoms with Gasteiger partial charge in [-0.2, -0.15) is 5.10 Å². The number of hydrogen-bond donors (Lipinski definition) is 3. The molecule has 3 aromatic rings. The molecular formula is C17H17N5O4S. The molecule has 0 fully saturated rings. The van der Waals surface area contributed by atoms with E-state index < -0.39 is 6.10 Å². The summed E-state index contributed by atoms with van der Waals surface area (Å²) in [6.07, 6.45) is -0.737. The van der Waals surface area contributed by atoms with Crippen LogP contribution in [0.2, 0.25) is 0 Å². The maximum absolute atomic E-state index is 12.3. The van der Waals surface area contributed by atoms with Crippen LogP contribution >= 0.6 is 11.8 Å². The Hall–Kier alpha value is -2.85. The minimum atomic E-state index is -0.737. The lowest BCUT2D eigenvalue weighted by Crippen LogP contribution is -2.30. The number of aliphatic hydroxyl groups excluding tert-OH is 1. The van der Waals surface area contributed by atoms with Gasteiger partial charge in [-0.15, -0.1) is 0 Å². The SMILES string of the molecule is O=C(NCCSc1nc2ccccc2o1)c1cc2n(n1)CC(O)CNC2=O. The van der Waals surface area contributed by atoms with Gasteiger partial charge in [0, 0.05) is 24.9 Å². The number of carbonyl (C=O) groups excluding carboxylic acids is 2. The van der Waals surface area contributed by atoms with Gasteiger partial charge in [0.05, 0.1) is 12.6 Å². The number of nitrogens with zero attached hydrogens (tertiary/aromatic N) is 3. The maximum atomic E-state index is 12.3. The Kier molecular flexibility index (Phi) is 4.82. The van der Waals surface area contributed by atoms with Crippen molar-refractivity contribution in [1.82, 2.24) is 25.4 Å². The first-order valence-corrected chi connectivity index (χ1v) is 9.39. The highest BCUT2D eigenvalue weighted by Gasteiger charge is 2.24. The zero-order chi connectivity index (χ0) is 18.8. The molecule has 1 aliphatic rings. The normalized spacial score (nSPS) is 16.6. The number of β-amino-alcohol motifs (C(OH)–C–C–N with tert-alkyl or cyclic N) is 1. The zero-order valence-corrected chi connectivity index (χ0v) is 15.0. The smallest absolute Gasteiger partial charge is 0.271 e. The average molecular weight is 387 g/mol. The third-order valence-electron chi connectivity index (χ3n) is 4.01. The second kappa shape index (κ2) is 7.41. The molecule has 10 heteroatoms. The molecule has 2 amide bonds. The van der Waals surface area contributed by atoms with Gasteiger partial charge in [-0.1, -0.05) is 23.9 Å². The van der Waals surface area contributed by atoms with E-state index in [1.807, 2.05) is 24.3 Å². The van der Waals surface area contributed by atoms with Crippen molar-refractivity contribution in [3.63, 3.8) is 0 Å². The fraction of sp³-hybridized carbons (Fsp3) is 0.294. The molecule has 4 rings (SSSR count). The number of aliphatic hydroxyl groups is 1. The van der Waals surface area contributed by atoms with E-state index in [1.54, 1.807) is 0 Å². The number of thioether (sulfide) groups is 1. The summed E-state index contributed by atoms with van der Waals surface area (Å²) in [4.78, 5) is 28.6. The Balaban J connectivity index is 1.32. The summed E-state index contributed by atoms with van der Waals surface area (Å²) >= 11 is 1.40. The molecule has 140 valence electrons. The molecule has 1 atom stereocenters. The molecule has 3 N–H and O–H groups in total. The van der Waals surface area contributed by atoms with Crippen molar-refractivity contribution in [2.24, 2.45) is 0 Å². The van der Waals surface area contributed by atoms with Gasteiger partial charge in [-0.05, 0) is 12.1 Å². The first-order valence-electron chi connectivity index (χ1n) is 8.41. The summed E-state index contributed by atoms with van der Waals surface area (Å²) in [7, 11) is 0. The van der Waals surface area contributed by atoms with Crippen molar-refractivity contribution in [3.8, 4) is 0 Å². The highest BCUT2D eigenvalue weighted by atomic mass is 32.2. The Morgan fingerprint density at radius 3 is 3.15 bits per heavy atom. The van der Waals surface area contributed by atoms with E-state index in [4.69, 9.17) is 4.42 Å². The number of hydrogen-bond acceptors (Lipinski definition) is 7. The molecule has 2 aromatic heterocycles. The molecule has 1 unspecified atom stereocenters. The third-order valence-corrected chi connectivity index (χ3v) is 4.84. The second-order valence-corrected chi connectivity index (χ2v) is 7.06. The van der Waals surface area contributed by atoms with Crippen LogP contribution < -0.4 is 10.6 Å². The molecular weight excluding hydrogens is 370 g/mol. The molecule has 3 heterocycles. The summed E-state index contributed by atoms with van der Waals surface area (Å²) in [5.74, 6) is -0.161. The zero-order valence-electron chi connectivity index (χ0n) is 14.2. The predicted molar refractivity (Wildman–Crippen MR) is 97.6 cm³/mol. The second-order valence-electron chi connectivity index (χ2n) is 6.01. The van der Waals surface area contributed by atoms with Crippen LogP contribution in [-0.4, -0.2) is 56.6 Å². The van der Waals surface area contributed by atoms with Crippen LogP contribution in [0, 0.1) is 0 Å². The fourth-order valence-corrected chi connectivity index (χ4v) is 3.41. The van der Waals surface area contributed by atoms with Gasteiger partial charge in [-0.3, -0.25) is 14.3 Å². The maximum Gasteiger partial charge on any atom is 0.271 e. The van der Waals surface area contributed by atoms with E-state index >= 15 is 0 Å². The lowest BCUT2D eigenvalue weighted by molar-refractivity contribution is 0.0931. The van der Waals surface area contributed by atoms with Crippen LogP contribution in [0.3, 0.4) is 0 Å². The highest BCUT2D eigenvalue weighted by Crippen LogP contribution is 2.22. The summed E-state index contributed by atoms with van der Waals surface area (Å²) in [5.41, 5.74) is 1.92. The molecule has 0 saturated heterocycles. The summed E-state index contributed by atoms with van der Waals surface area (Å²) in [6.45, 7) is 0.713. The van der Waals surface area contributed by atoms with E-state index in [0.717, 1.165) is 11.1 Å². The van der Waals surface area contributed by atoms with Gasteiger partial charge in [0.25, 0.3) is 17.0 Å². The first-order chi connectivity index (χ1) is 13.1. The largest absolute Gasteiger partial charge is 0.431 e. The van der Waals surface area contributed by atoms with Crippen LogP contribution in [0.4, 0.5) is 0 Å². The van der Waals surface area contributed by atoms with Crippen molar-refractivity contribution in [3.05, 3.63) is 41.7 Å². The van der Waals surface area contributed by atoms with Crippen LogP contribution in [-0.2, 0) is 6.54 Å². The number of para-hydroxylation sites is 2. The molecule has 1 aliphatic heterocycles. The fourth-order valence-electron chi connectivity index (χ4n) is 2.72. The highest BCUT2D eigenvalue weighted by molar-refractivity contribution is 7.99. The van der Waals surface area contributed by atoms with E-state index in [2.05, 4.69) is 20.7 Å². The van der Waals surface area contributed by atoms with E-state index in [1.165, 1.54) is 22.5 Å². The molecule has 0 radical (unpaired) electrons. The number of rotatable bonds is 5. The van der Waals surface area contributed by atoms with Crippen molar-refractivity contribution < 1.29 is 19.1 Å². The monoisotopic (exact) mass is 387 g/mol. The van der Waals surface area contributed by atoms with Gasteiger partial charge in [0.2, 0.25) is 0 Å². The molecule has 27 heavy (non-hydrogen) atoms. The van der Waals surface area contributed by atoms with Crippen LogP contribution in [0.1, 0.15) is 21.0 Å². The van der Waals surface area contributed by atoms with Crippen molar-refractivity contribution in [2.45, 2.75) is 17.9 Å². The number of fused-ring (bicyclic) bond motifs is 2. The predicted octanol–water partition coefficient (Wildman–Crippen LogP) is 0.651. The van der Waals surface area contributed by atoms with E-state index in [9.17, 15) is 14.7 Å². The minimum absolute atomic E-state index is 0.140. The first kappa shape index (κ1) is 17.6. The molecule has 9 nitrogen and oxygen atoms in total. The van der Waals surface area contributed by atoms with Gasteiger partial charge in [0.1, 0.15) is 11.2 Å². The van der Waals surface area contributed by atoms with Crippen LogP contribution in [0.5, 0.6) is 0 Å². The average Bonchev–Trinajstić information content (AvgIpc) is 3.24. The van der Waals surface area contributed by atoms with Crippen molar-refractivity contribution in [2.75, 3.05) is 18.8 Å². The number of carbonyl (C=O) groups is 2. The summed E-state index contributed by atoms with van der Waals surface area (Å²) in [5, 5.41) is 19.7. The third kappa shape index (κ3) is 3.81. The molecule has 0 aliphatic carbocycles. The Labute approximate surface area is 158 Å². The molecule has 1 aromatic carbocycles. The lowest BCUT2D eigenvalue weighted by Gasteiger charge is -2.06. The topological polar surface area (TPSA) is 122 Å². The molecule has 0 spiro atoms. The van der Waals surface area contributed by atoms with E-state index in [-0.39, 0.29) is 36.3 Å². The van der Waals surface area contributed by atoms with Crippen molar-refractivity contribution >= 4 is 34.7 Å². The summed E-state index contributed by atoms with van der Waals surface area (Å²) in [6, 6.07) is 8.93. The van der Waals surface area contributed by atoms with Gasteiger partial charge < -0.3 is 20.2 Å². The standard InChI is InChI=1S/C17H17N5O4S/c23-10-8-19-16(25)13-7-12(21-22(13)9-10)15(24)18-5-6-27-17-20-11-3-1-2-4-14(11)26-17/h1-4,7,10,23H,5-6,8-9H2,(H,18,24)(H,19,25). The number of oxazole rings is 1. The number of benzene rings is 1. The van der Waals surface area contributed by atoms with Gasteiger partial charge in [-0.25, -0.2) is 4.98 Å². The van der Waals surface area contributed by atoms with Crippen LogP contribution in [0.25, 0.3) is 11.1 Å². The minimum Gasteiger partial charge on any atom is -0.431 e. The van der Waals surface area contributed by atoms with Gasteiger partial charge in [0.15, 0.2) is 11.3 Å². The molecule has 0 bridgehead atoms. The molecule has 0 saturated carbocycles. The number of amides is 2. The Morgan fingerprint density at radius 1 is 1.44 bits per heavy atom. The Bertz CT molecular complexity index is 965. The van der Waals surface area contributed by atoms with Gasteiger partial charge >= 0.3 is 0 Å². The quantitative estimate of drug-likeness (QED) is 0.434. The van der Waals surface area contributed by atoms with E-state index in [0.29, 0.717) is 17.5 Å².